The number of amides is 1. The molecule has 3 aromatic carbocycles. The molecule has 0 spiro atoms. The molecule has 0 aliphatic heterocycles. The molecular formula is C25H25NO4. The second-order valence-electron chi connectivity index (χ2n) is 6.86. The van der Waals surface area contributed by atoms with Crippen LogP contribution in [0.2, 0.25) is 0 Å². The molecule has 0 fully saturated rings. The van der Waals surface area contributed by atoms with Gasteiger partial charge >= 0.3 is 5.97 Å². The lowest BCUT2D eigenvalue weighted by Crippen LogP contribution is -2.26. The molecule has 0 aliphatic rings. The van der Waals surface area contributed by atoms with Gasteiger partial charge in [0, 0.05) is 5.56 Å². The van der Waals surface area contributed by atoms with E-state index in [-0.39, 0.29) is 6.42 Å². The fraction of sp³-hybridized carbons (Fsp3) is 0.200. The van der Waals surface area contributed by atoms with Crippen LogP contribution in [-0.4, -0.2) is 18.5 Å². The first kappa shape index (κ1) is 21.1. The summed E-state index contributed by atoms with van der Waals surface area (Å²) in [5.41, 5.74) is 3.07. The minimum atomic E-state index is -1.07. The lowest BCUT2D eigenvalue weighted by atomic mass is 10.1. The third kappa shape index (κ3) is 5.70. The van der Waals surface area contributed by atoms with Gasteiger partial charge in [0.1, 0.15) is 5.75 Å². The molecule has 1 N–H and O–H groups in total. The number of nitrogens with one attached hydrogen (secondary N) is 1. The van der Waals surface area contributed by atoms with E-state index in [2.05, 4.69) is 5.32 Å². The van der Waals surface area contributed by atoms with Crippen LogP contribution in [0.4, 0.5) is 5.69 Å². The lowest BCUT2D eigenvalue weighted by molar-refractivity contribution is -0.154. The van der Waals surface area contributed by atoms with Crippen molar-refractivity contribution in [1.29, 1.82) is 0 Å². The van der Waals surface area contributed by atoms with Crippen LogP contribution in [0.3, 0.4) is 0 Å². The first-order chi connectivity index (χ1) is 14.6. The number of ether oxygens (including phenoxy) is 2. The summed E-state index contributed by atoms with van der Waals surface area (Å²) in [6.45, 7) is 4.33. The molecule has 5 heteroatoms. The van der Waals surface area contributed by atoms with E-state index < -0.39 is 18.0 Å². The van der Waals surface area contributed by atoms with Crippen LogP contribution in [0.1, 0.15) is 29.7 Å². The molecule has 3 aromatic rings. The largest absolute Gasteiger partial charge is 0.492 e. The van der Waals surface area contributed by atoms with Gasteiger partial charge in [-0.2, -0.15) is 0 Å². The Labute approximate surface area is 176 Å². The molecule has 0 aliphatic carbocycles. The summed E-state index contributed by atoms with van der Waals surface area (Å²) in [7, 11) is 0. The predicted molar refractivity (Wildman–Crippen MR) is 116 cm³/mol. The van der Waals surface area contributed by atoms with E-state index in [0.29, 0.717) is 23.6 Å². The fourth-order valence-corrected chi connectivity index (χ4v) is 3.00. The molecular weight excluding hydrogens is 378 g/mol. The Bertz CT molecular complexity index is 984. The number of para-hydroxylation sites is 2. The zero-order chi connectivity index (χ0) is 21.3. The average Bonchev–Trinajstić information content (AvgIpc) is 2.76. The van der Waals surface area contributed by atoms with E-state index in [0.717, 1.165) is 11.1 Å². The molecule has 154 valence electrons. The second-order valence-corrected chi connectivity index (χ2v) is 6.86. The Hall–Kier alpha value is -3.60. The second kappa shape index (κ2) is 10.3. The van der Waals surface area contributed by atoms with Crippen LogP contribution < -0.4 is 10.1 Å². The minimum absolute atomic E-state index is 0.0897. The zero-order valence-corrected chi connectivity index (χ0v) is 17.1. The number of anilines is 1. The van der Waals surface area contributed by atoms with Crippen molar-refractivity contribution in [3.63, 3.8) is 0 Å². The van der Waals surface area contributed by atoms with Crippen LogP contribution >= 0.6 is 0 Å². The molecule has 1 unspecified atom stereocenters. The monoisotopic (exact) mass is 403 g/mol. The van der Waals surface area contributed by atoms with Crippen molar-refractivity contribution in [2.24, 2.45) is 0 Å². The first-order valence-electron chi connectivity index (χ1n) is 9.89. The summed E-state index contributed by atoms with van der Waals surface area (Å²) in [6.07, 6.45) is -0.981. The molecule has 1 atom stereocenters. The Kier molecular flexibility index (Phi) is 7.22. The van der Waals surface area contributed by atoms with Gasteiger partial charge in [-0.1, -0.05) is 72.3 Å². The number of carbonyl (C=O) groups is 2. The molecule has 0 aromatic heterocycles. The molecule has 3 rings (SSSR count). The third-order valence-electron chi connectivity index (χ3n) is 4.50. The number of hydrogen-bond acceptors (Lipinski definition) is 4. The maximum absolute atomic E-state index is 13.1. The molecule has 30 heavy (non-hydrogen) atoms. The maximum Gasteiger partial charge on any atom is 0.311 e. The van der Waals surface area contributed by atoms with E-state index in [4.69, 9.17) is 9.47 Å². The SMILES string of the molecule is CCOc1ccccc1NC(=O)C(OC(=O)Cc1ccc(C)cc1)c1ccccc1. The summed E-state index contributed by atoms with van der Waals surface area (Å²) >= 11 is 0. The number of benzene rings is 3. The van der Waals surface area contributed by atoms with Gasteiger partial charge in [0.15, 0.2) is 0 Å². The average molecular weight is 403 g/mol. The molecule has 0 heterocycles. The van der Waals surface area contributed by atoms with Gasteiger partial charge in [0.2, 0.25) is 6.10 Å². The van der Waals surface area contributed by atoms with Crippen molar-refractivity contribution < 1.29 is 19.1 Å². The van der Waals surface area contributed by atoms with Crippen molar-refractivity contribution in [1.82, 2.24) is 0 Å². The highest BCUT2D eigenvalue weighted by molar-refractivity contribution is 5.97. The standard InChI is InChI=1S/C25H25NO4/c1-3-29-22-12-8-7-11-21(22)26-25(28)24(20-9-5-4-6-10-20)30-23(27)17-19-15-13-18(2)14-16-19/h4-16,24H,3,17H2,1-2H3,(H,26,28). The fourth-order valence-electron chi connectivity index (χ4n) is 3.00. The highest BCUT2D eigenvalue weighted by Crippen LogP contribution is 2.27. The van der Waals surface area contributed by atoms with Gasteiger partial charge in [0.05, 0.1) is 18.7 Å². The Balaban J connectivity index is 1.78. The topological polar surface area (TPSA) is 64.6 Å². The van der Waals surface area contributed by atoms with Crippen molar-refractivity contribution in [3.05, 3.63) is 95.6 Å². The van der Waals surface area contributed by atoms with Gasteiger partial charge in [-0.3, -0.25) is 9.59 Å². The summed E-state index contributed by atoms with van der Waals surface area (Å²) in [6, 6.07) is 23.8. The van der Waals surface area contributed by atoms with Crippen molar-refractivity contribution in [2.45, 2.75) is 26.4 Å². The number of aryl methyl sites for hydroxylation is 1. The molecule has 0 saturated carbocycles. The van der Waals surface area contributed by atoms with Gasteiger partial charge in [-0.05, 0) is 31.5 Å². The Morgan fingerprint density at radius 3 is 2.27 bits per heavy atom. The normalized spacial score (nSPS) is 11.4. The Morgan fingerprint density at radius 2 is 1.57 bits per heavy atom. The zero-order valence-electron chi connectivity index (χ0n) is 17.1. The Morgan fingerprint density at radius 1 is 0.900 bits per heavy atom. The van der Waals surface area contributed by atoms with E-state index >= 15 is 0 Å². The summed E-state index contributed by atoms with van der Waals surface area (Å²) in [5, 5.41) is 2.83. The number of hydrogen-bond donors (Lipinski definition) is 1. The highest BCUT2D eigenvalue weighted by Gasteiger charge is 2.26. The van der Waals surface area contributed by atoms with E-state index in [9.17, 15) is 9.59 Å². The van der Waals surface area contributed by atoms with E-state index in [1.54, 1.807) is 42.5 Å². The van der Waals surface area contributed by atoms with Crippen LogP contribution in [0, 0.1) is 6.92 Å². The number of rotatable bonds is 8. The lowest BCUT2D eigenvalue weighted by Gasteiger charge is -2.19. The molecule has 1 amide bonds. The maximum atomic E-state index is 13.1. The van der Waals surface area contributed by atoms with E-state index in [1.807, 2.05) is 50.2 Å². The van der Waals surface area contributed by atoms with Gasteiger partial charge in [0.25, 0.3) is 5.91 Å². The van der Waals surface area contributed by atoms with Gasteiger partial charge < -0.3 is 14.8 Å². The van der Waals surface area contributed by atoms with Crippen molar-refractivity contribution >= 4 is 17.6 Å². The van der Waals surface area contributed by atoms with Crippen LogP contribution in [0.15, 0.2) is 78.9 Å². The predicted octanol–water partition coefficient (Wildman–Crippen LogP) is 4.86. The van der Waals surface area contributed by atoms with Gasteiger partial charge in [-0.25, -0.2) is 0 Å². The smallest absolute Gasteiger partial charge is 0.311 e. The molecule has 5 nitrogen and oxygen atoms in total. The first-order valence-corrected chi connectivity index (χ1v) is 9.89. The molecule has 0 saturated heterocycles. The number of carbonyl (C=O) groups excluding carboxylic acids is 2. The van der Waals surface area contributed by atoms with Crippen molar-refractivity contribution in [2.75, 3.05) is 11.9 Å². The van der Waals surface area contributed by atoms with Crippen LogP contribution in [0.5, 0.6) is 5.75 Å². The van der Waals surface area contributed by atoms with Crippen LogP contribution in [-0.2, 0) is 20.7 Å². The summed E-state index contributed by atoms with van der Waals surface area (Å²) < 4.78 is 11.2. The quantitative estimate of drug-likeness (QED) is 0.546. The van der Waals surface area contributed by atoms with Gasteiger partial charge in [-0.15, -0.1) is 0 Å². The minimum Gasteiger partial charge on any atom is -0.492 e. The molecule has 0 bridgehead atoms. The number of esters is 1. The van der Waals surface area contributed by atoms with E-state index in [1.165, 1.54) is 0 Å². The summed E-state index contributed by atoms with van der Waals surface area (Å²) in [5.74, 6) is -0.349. The molecule has 0 radical (unpaired) electrons. The highest BCUT2D eigenvalue weighted by atomic mass is 16.5. The van der Waals surface area contributed by atoms with Crippen LogP contribution in [0.25, 0.3) is 0 Å². The summed E-state index contributed by atoms with van der Waals surface area (Å²) in [4.78, 5) is 25.6. The third-order valence-corrected chi connectivity index (χ3v) is 4.50. The van der Waals surface area contributed by atoms with Crippen molar-refractivity contribution in [3.8, 4) is 5.75 Å².